The lowest BCUT2D eigenvalue weighted by Gasteiger charge is -2.37. The molecule has 0 radical (unpaired) electrons. The van der Waals surface area contributed by atoms with Crippen molar-refractivity contribution in [3.8, 4) is 5.88 Å². The Hall–Kier alpha value is -2.44. The Morgan fingerprint density at radius 2 is 1.76 bits per heavy atom. The molecule has 0 unspecified atom stereocenters. The molecule has 2 aromatic rings. The van der Waals surface area contributed by atoms with Crippen molar-refractivity contribution >= 4 is 40.4 Å². The number of pyridine rings is 1. The number of piperazine rings is 1. The lowest BCUT2D eigenvalue weighted by Crippen LogP contribution is -2.52. The van der Waals surface area contributed by atoms with E-state index in [1.54, 1.807) is 23.5 Å². The summed E-state index contributed by atoms with van der Waals surface area (Å²) in [6, 6.07) is 3.89. The summed E-state index contributed by atoms with van der Waals surface area (Å²) in [6.07, 6.45) is 5.07. The number of carbonyl (C=O) groups is 1. The maximum absolute atomic E-state index is 12.9. The highest BCUT2D eigenvalue weighted by Crippen LogP contribution is 2.37. The third-order valence-corrected chi connectivity index (χ3v) is 7.49. The van der Waals surface area contributed by atoms with Crippen molar-refractivity contribution in [3.63, 3.8) is 0 Å². The van der Waals surface area contributed by atoms with Gasteiger partial charge in [0, 0.05) is 44.3 Å². The number of hydrogen-bond donors (Lipinski definition) is 0. The first-order valence-corrected chi connectivity index (χ1v) is 13.3. The highest BCUT2D eigenvalue weighted by molar-refractivity contribution is 9.10. The lowest BCUT2D eigenvalue weighted by atomic mass is 9.79. The molecule has 4 heterocycles. The monoisotopic (exact) mass is 575 g/mol. The molecule has 37 heavy (non-hydrogen) atoms. The van der Waals surface area contributed by atoms with E-state index in [1.165, 1.54) is 0 Å². The van der Waals surface area contributed by atoms with Gasteiger partial charge >= 0.3 is 13.2 Å². The zero-order chi connectivity index (χ0) is 26.8. The zero-order valence-corrected chi connectivity index (χ0v) is 23.9. The largest absolute Gasteiger partial charge is 0.498 e. The Morgan fingerprint density at radius 1 is 1.08 bits per heavy atom. The van der Waals surface area contributed by atoms with Crippen molar-refractivity contribution < 1.29 is 23.6 Å². The van der Waals surface area contributed by atoms with Crippen LogP contribution in [0.2, 0.25) is 0 Å². The van der Waals surface area contributed by atoms with Crippen molar-refractivity contribution in [2.24, 2.45) is 0 Å². The Bertz CT molecular complexity index is 1080. The number of rotatable bonds is 7. The SMILES string of the molecule is CC(C)(CCOc1cnc(Br)cn1)OC(=O)N1CCN(c2ncccc2B2OC(C)(C)C(C)(C)O2)CC1. The molecule has 200 valence electrons. The summed E-state index contributed by atoms with van der Waals surface area (Å²) >= 11 is 3.25. The molecule has 0 atom stereocenters. The molecule has 1 amide bonds. The molecule has 2 fully saturated rings. The van der Waals surface area contributed by atoms with E-state index in [9.17, 15) is 4.79 Å². The fourth-order valence-electron chi connectivity index (χ4n) is 4.06. The van der Waals surface area contributed by atoms with Gasteiger partial charge in [-0.15, -0.1) is 0 Å². The van der Waals surface area contributed by atoms with E-state index in [0.717, 1.165) is 11.3 Å². The van der Waals surface area contributed by atoms with Crippen LogP contribution in [0.5, 0.6) is 5.88 Å². The number of carbonyl (C=O) groups excluding carboxylic acids is 1. The van der Waals surface area contributed by atoms with Gasteiger partial charge in [0.25, 0.3) is 0 Å². The predicted octanol–water partition coefficient (Wildman–Crippen LogP) is 3.44. The fraction of sp³-hybridized carbons (Fsp3) is 0.600. The molecule has 0 N–H and O–H groups in total. The molecule has 12 heteroatoms. The molecule has 2 aromatic heterocycles. The Labute approximate surface area is 227 Å². The molecule has 10 nitrogen and oxygen atoms in total. The second kappa shape index (κ2) is 10.7. The Morgan fingerprint density at radius 3 is 2.38 bits per heavy atom. The van der Waals surface area contributed by atoms with Crippen molar-refractivity contribution in [2.75, 3.05) is 37.7 Å². The maximum Gasteiger partial charge on any atom is 0.498 e. The molecule has 0 aromatic carbocycles. The molecule has 4 rings (SSSR count). The zero-order valence-electron chi connectivity index (χ0n) is 22.4. The number of ether oxygens (including phenoxy) is 2. The molecule has 0 aliphatic carbocycles. The van der Waals surface area contributed by atoms with Gasteiger partial charge < -0.3 is 28.6 Å². The summed E-state index contributed by atoms with van der Waals surface area (Å²) in [5.74, 6) is 1.25. The summed E-state index contributed by atoms with van der Waals surface area (Å²) in [6.45, 7) is 14.6. The van der Waals surface area contributed by atoms with Crippen molar-refractivity contribution in [2.45, 2.75) is 64.8 Å². The summed E-state index contributed by atoms with van der Waals surface area (Å²) in [7, 11) is -0.497. The van der Waals surface area contributed by atoms with E-state index >= 15 is 0 Å². The Balaban J connectivity index is 1.30. The van der Waals surface area contributed by atoms with Crippen LogP contribution >= 0.6 is 15.9 Å². The van der Waals surface area contributed by atoms with Crippen LogP contribution in [0.25, 0.3) is 0 Å². The quantitative estimate of drug-likeness (QED) is 0.460. The van der Waals surface area contributed by atoms with Crippen LogP contribution in [0.15, 0.2) is 35.3 Å². The van der Waals surface area contributed by atoms with Gasteiger partial charge in [0.2, 0.25) is 5.88 Å². The maximum atomic E-state index is 12.9. The van der Waals surface area contributed by atoms with Gasteiger partial charge in [0.05, 0.1) is 30.2 Å². The van der Waals surface area contributed by atoms with E-state index in [2.05, 4.69) is 35.8 Å². The number of nitrogens with zero attached hydrogens (tertiary/aromatic N) is 5. The number of anilines is 1. The average molecular weight is 576 g/mol. The minimum Gasteiger partial charge on any atom is -0.476 e. The normalized spacial score (nSPS) is 19.2. The summed E-state index contributed by atoms with van der Waals surface area (Å²) in [5, 5.41) is 0. The number of halogens is 1. The highest BCUT2D eigenvalue weighted by Gasteiger charge is 2.52. The first-order valence-electron chi connectivity index (χ1n) is 12.5. The van der Waals surface area contributed by atoms with Crippen molar-refractivity contribution in [1.82, 2.24) is 19.9 Å². The Kier molecular flexibility index (Phi) is 8.01. The van der Waals surface area contributed by atoms with Crippen LogP contribution in [0.1, 0.15) is 48.0 Å². The number of hydrogen-bond acceptors (Lipinski definition) is 9. The molecular formula is C25H35BBrN5O5. The van der Waals surface area contributed by atoms with Crippen LogP contribution in [0.4, 0.5) is 10.6 Å². The minimum atomic E-state index is -0.693. The van der Waals surface area contributed by atoms with Crippen molar-refractivity contribution in [3.05, 3.63) is 35.3 Å². The minimum absolute atomic E-state index is 0.333. The van der Waals surface area contributed by atoms with Crippen LogP contribution < -0.4 is 15.1 Å². The molecule has 2 aliphatic rings. The smallest absolute Gasteiger partial charge is 0.476 e. The van der Waals surface area contributed by atoms with Crippen molar-refractivity contribution in [1.29, 1.82) is 0 Å². The van der Waals surface area contributed by atoms with Gasteiger partial charge in [-0.2, -0.15) is 0 Å². The second-order valence-electron chi connectivity index (χ2n) is 10.9. The van der Waals surface area contributed by atoms with Gasteiger partial charge in [-0.25, -0.2) is 19.7 Å². The summed E-state index contributed by atoms with van der Waals surface area (Å²) in [4.78, 5) is 29.7. The van der Waals surface area contributed by atoms with Crippen LogP contribution in [0, 0.1) is 0 Å². The summed E-state index contributed by atoms with van der Waals surface area (Å²) < 4.78 is 24.6. The summed E-state index contributed by atoms with van der Waals surface area (Å²) in [5.41, 5.74) is -0.663. The fourth-order valence-corrected chi connectivity index (χ4v) is 4.26. The molecule has 0 spiro atoms. The standard InChI is InChI=1S/C25H35BBrN5O5/c1-23(2,9-15-34-20-17-29-19(27)16-30-20)35-22(33)32-13-11-31(12-14-32)21-18(8-7-10-28-21)26-36-24(3,4)25(5,6)37-26/h7-8,10,16-17H,9,11-15H2,1-6H3. The third-order valence-electron chi connectivity index (χ3n) is 7.08. The molecule has 0 bridgehead atoms. The number of aromatic nitrogens is 3. The van der Waals surface area contributed by atoms with E-state index in [1.807, 2.05) is 53.7 Å². The predicted molar refractivity (Wildman–Crippen MR) is 144 cm³/mol. The van der Waals surface area contributed by atoms with Crippen LogP contribution in [-0.4, -0.2) is 82.7 Å². The van der Waals surface area contributed by atoms with Gasteiger partial charge in [-0.1, -0.05) is 6.07 Å². The topological polar surface area (TPSA) is 99.1 Å². The first kappa shape index (κ1) is 27.6. The van der Waals surface area contributed by atoms with E-state index < -0.39 is 23.9 Å². The molecular weight excluding hydrogens is 541 g/mol. The van der Waals surface area contributed by atoms with Gasteiger partial charge in [0.1, 0.15) is 16.0 Å². The number of amides is 1. The molecule has 0 saturated carbocycles. The van der Waals surface area contributed by atoms with E-state index in [4.69, 9.17) is 18.8 Å². The van der Waals surface area contributed by atoms with E-state index in [0.29, 0.717) is 49.7 Å². The van der Waals surface area contributed by atoms with Gasteiger partial charge in [-0.05, 0) is 63.5 Å². The van der Waals surface area contributed by atoms with Crippen LogP contribution in [0.3, 0.4) is 0 Å². The molecule has 2 saturated heterocycles. The lowest BCUT2D eigenvalue weighted by molar-refractivity contribution is 0.000470. The second-order valence-corrected chi connectivity index (χ2v) is 11.7. The van der Waals surface area contributed by atoms with E-state index in [-0.39, 0.29) is 6.09 Å². The van der Waals surface area contributed by atoms with Crippen LogP contribution in [-0.2, 0) is 14.0 Å². The van der Waals surface area contributed by atoms with Gasteiger partial charge in [0.15, 0.2) is 0 Å². The average Bonchev–Trinajstić information content (AvgIpc) is 3.06. The van der Waals surface area contributed by atoms with Gasteiger partial charge in [-0.3, -0.25) is 0 Å². The first-order chi connectivity index (χ1) is 17.4. The highest BCUT2D eigenvalue weighted by atomic mass is 79.9. The third kappa shape index (κ3) is 6.53. The molecule has 2 aliphatic heterocycles.